The van der Waals surface area contributed by atoms with Crippen molar-refractivity contribution >= 4 is 44.4 Å². The first-order chi connectivity index (χ1) is 8.65. The molecule has 0 saturated carbocycles. The van der Waals surface area contributed by atoms with Crippen molar-refractivity contribution in [2.45, 2.75) is 0 Å². The Kier molecular flexibility index (Phi) is 2.57. The van der Waals surface area contributed by atoms with Crippen LogP contribution in [0.3, 0.4) is 0 Å². The highest BCUT2D eigenvalue weighted by molar-refractivity contribution is 7.26. The third-order valence-corrected chi connectivity index (χ3v) is 5.07. The third kappa shape index (κ3) is 1.77. The fourth-order valence-corrected chi connectivity index (χ4v) is 3.85. The molecule has 2 heterocycles. The van der Waals surface area contributed by atoms with Crippen LogP contribution >= 0.6 is 22.7 Å². The summed E-state index contributed by atoms with van der Waals surface area (Å²) in [6, 6.07) is 11.9. The van der Waals surface area contributed by atoms with Gasteiger partial charge in [-0.2, -0.15) is 0 Å². The zero-order valence-electron chi connectivity index (χ0n) is 9.21. The van der Waals surface area contributed by atoms with Gasteiger partial charge >= 0.3 is 5.97 Å². The van der Waals surface area contributed by atoms with E-state index in [9.17, 15) is 4.79 Å². The van der Waals surface area contributed by atoms with E-state index in [1.54, 1.807) is 17.4 Å². The van der Waals surface area contributed by atoms with Gasteiger partial charge in [0.2, 0.25) is 0 Å². The van der Waals surface area contributed by atoms with Gasteiger partial charge in [0.05, 0.1) is 5.69 Å². The molecule has 0 saturated heterocycles. The van der Waals surface area contributed by atoms with E-state index in [0.29, 0.717) is 5.69 Å². The van der Waals surface area contributed by atoms with E-state index in [1.807, 2.05) is 18.2 Å². The van der Waals surface area contributed by atoms with Crippen LogP contribution in [0.4, 0.5) is 5.69 Å². The number of hydrogen-bond acceptors (Lipinski definition) is 4. The first-order valence-electron chi connectivity index (χ1n) is 5.26. The molecule has 0 bridgehead atoms. The second-order valence-electron chi connectivity index (χ2n) is 3.85. The van der Waals surface area contributed by atoms with Gasteiger partial charge in [-0.1, -0.05) is 18.2 Å². The van der Waals surface area contributed by atoms with Crippen LogP contribution in [0.25, 0.3) is 19.8 Å². The number of rotatable bonds is 2. The fourth-order valence-electron chi connectivity index (χ4n) is 1.80. The third-order valence-electron chi connectivity index (χ3n) is 2.62. The van der Waals surface area contributed by atoms with Crippen molar-refractivity contribution in [2.75, 3.05) is 5.73 Å². The van der Waals surface area contributed by atoms with Crippen LogP contribution in [0.15, 0.2) is 36.4 Å². The number of carboxylic acids is 1. The van der Waals surface area contributed by atoms with E-state index in [0.717, 1.165) is 9.75 Å². The van der Waals surface area contributed by atoms with Crippen molar-refractivity contribution in [1.29, 1.82) is 0 Å². The second kappa shape index (κ2) is 4.12. The van der Waals surface area contributed by atoms with Gasteiger partial charge in [0.15, 0.2) is 0 Å². The minimum Gasteiger partial charge on any atom is -0.477 e. The van der Waals surface area contributed by atoms with Gasteiger partial charge in [-0.15, -0.1) is 22.7 Å². The molecule has 3 N–H and O–H groups in total. The summed E-state index contributed by atoms with van der Waals surface area (Å²) in [6.07, 6.45) is 0. The topological polar surface area (TPSA) is 63.3 Å². The summed E-state index contributed by atoms with van der Waals surface area (Å²) < 4.78 is 1.19. The van der Waals surface area contributed by atoms with E-state index < -0.39 is 5.97 Å². The quantitative estimate of drug-likeness (QED) is 0.745. The zero-order chi connectivity index (χ0) is 12.7. The lowest BCUT2D eigenvalue weighted by Crippen LogP contribution is -1.96. The molecule has 0 fully saturated rings. The summed E-state index contributed by atoms with van der Waals surface area (Å²) in [7, 11) is 0. The van der Waals surface area contributed by atoms with E-state index in [2.05, 4.69) is 12.1 Å². The monoisotopic (exact) mass is 275 g/mol. The van der Waals surface area contributed by atoms with Crippen LogP contribution in [0.2, 0.25) is 0 Å². The number of hydrogen-bond donors (Lipinski definition) is 2. The molecule has 0 atom stereocenters. The average Bonchev–Trinajstić information content (AvgIpc) is 2.91. The van der Waals surface area contributed by atoms with Gasteiger partial charge in [0.1, 0.15) is 4.88 Å². The predicted octanol–water partition coefficient (Wildman–Crippen LogP) is 3.91. The molecule has 3 nitrogen and oxygen atoms in total. The highest BCUT2D eigenvalue weighted by Gasteiger charge is 2.15. The molecule has 1 aromatic carbocycles. The largest absolute Gasteiger partial charge is 0.477 e. The average molecular weight is 275 g/mol. The molecule has 5 heteroatoms. The molecule has 0 amide bonds. The number of carbonyl (C=O) groups is 1. The van der Waals surface area contributed by atoms with Crippen LogP contribution in [-0.2, 0) is 0 Å². The molecule has 3 aromatic rings. The summed E-state index contributed by atoms with van der Waals surface area (Å²) in [4.78, 5) is 13.1. The lowest BCUT2D eigenvalue weighted by Gasteiger charge is -1.87. The summed E-state index contributed by atoms with van der Waals surface area (Å²) in [5, 5.41) is 10.2. The van der Waals surface area contributed by atoms with Crippen molar-refractivity contribution in [3.63, 3.8) is 0 Å². The highest BCUT2D eigenvalue weighted by Crippen LogP contribution is 2.39. The molecular weight excluding hydrogens is 266 g/mol. The van der Waals surface area contributed by atoms with E-state index in [4.69, 9.17) is 10.8 Å². The smallest absolute Gasteiger partial charge is 0.348 e. The SMILES string of the molecule is Nc1cc(-c2cc3ccccc3s2)sc1C(=O)O. The molecule has 90 valence electrons. The molecule has 0 spiro atoms. The lowest BCUT2D eigenvalue weighted by molar-refractivity contribution is 0.0703. The van der Waals surface area contributed by atoms with E-state index >= 15 is 0 Å². The Morgan fingerprint density at radius 1 is 1.11 bits per heavy atom. The molecule has 2 aromatic heterocycles. The molecule has 0 aliphatic rings. The predicted molar refractivity (Wildman–Crippen MR) is 76.5 cm³/mol. The summed E-state index contributed by atoms with van der Waals surface area (Å²) >= 11 is 2.87. The second-order valence-corrected chi connectivity index (χ2v) is 5.98. The number of nitrogens with two attached hydrogens (primary N) is 1. The minimum atomic E-state index is -0.968. The van der Waals surface area contributed by atoms with Gasteiger partial charge in [-0.25, -0.2) is 4.79 Å². The fraction of sp³-hybridized carbons (Fsp3) is 0. The van der Waals surface area contributed by atoms with Gasteiger partial charge in [-0.05, 0) is 23.6 Å². The maximum absolute atomic E-state index is 11.0. The number of carboxylic acid groups (broad SMARTS) is 1. The van der Waals surface area contributed by atoms with Crippen LogP contribution in [0.1, 0.15) is 9.67 Å². The van der Waals surface area contributed by atoms with Crippen LogP contribution in [0, 0.1) is 0 Å². The van der Waals surface area contributed by atoms with Crippen LogP contribution in [0.5, 0.6) is 0 Å². The first kappa shape index (κ1) is 11.3. The minimum absolute atomic E-state index is 0.211. The zero-order valence-corrected chi connectivity index (χ0v) is 10.8. The number of benzene rings is 1. The summed E-state index contributed by atoms with van der Waals surface area (Å²) in [5.74, 6) is -0.968. The molecule has 18 heavy (non-hydrogen) atoms. The van der Waals surface area contributed by atoms with Crippen LogP contribution in [-0.4, -0.2) is 11.1 Å². The Bertz CT molecular complexity index is 709. The van der Waals surface area contributed by atoms with Crippen molar-refractivity contribution in [2.24, 2.45) is 0 Å². The maximum atomic E-state index is 11.0. The number of nitrogen functional groups attached to an aromatic ring is 1. The Morgan fingerprint density at radius 3 is 2.50 bits per heavy atom. The van der Waals surface area contributed by atoms with Crippen molar-refractivity contribution in [3.8, 4) is 9.75 Å². The van der Waals surface area contributed by atoms with E-state index in [1.165, 1.54) is 21.4 Å². The molecule has 0 aliphatic heterocycles. The summed E-state index contributed by atoms with van der Waals surface area (Å²) in [5.41, 5.74) is 6.04. The lowest BCUT2D eigenvalue weighted by atomic mass is 10.2. The molecular formula is C13H9NO2S2. The molecule has 0 unspecified atom stereocenters. The number of aromatic carboxylic acids is 1. The normalized spacial score (nSPS) is 10.9. The Morgan fingerprint density at radius 2 is 1.83 bits per heavy atom. The van der Waals surface area contributed by atoms with Gasteiger partial charge in [0, 0.05) is 14.5 Å². The standard InChI is InChI=1S/C13H9NO2S2/c14-8-6-11(18-12(8)13(15)16)10-5-7-3-1-2-4-9(7)17-10/h1-6H,14H2,(H,15,16). The Labute approximate surface area is 111 Å². The Hall–Kier alpha value is -1.85. The van der Waals surface area contributed by atoms with Crippen molar-refractivity contribution < 1.29 is 9.90 Å². The van der Waals surface area contributed by atoms with E-state index in [-0.39, 0.29) is 4.88 Å². The van der Waals surface area contributed by atoms with Crippen molar-refractivity contribution in [1.82, 2.24) is 0 Å². The number of anilines is 1. The van der Waals surface area contributed by atoms with Crippen LogP contribution < -0.4 is 5.73 Å². The molecule has 0 radical (unpaired) electrons. The Balaban J connectivity index is 2.14. The van der Waals surface area contributed by atoms with Gasteiger partial charge in [-0.3, -0.25) is 0 Å². The maximum Gasteiger partial charge on any atom is 0.348 e. The number of fused-ring (bicyclic) bond motifs is 1. The molecule has 0 aliphatic carbocycles. The van der Waals surface area contributed by atoms with Crippen molar-refractivity contribution in [3.05, 3.63) is 41.3 Å². The first-order valence-corrected chi connectivity index (χ1v) is 6.90. The van der Waals surface area contributed by atoms with Gasteiger partial charge in [0.25, 0.3) is 0 Å². The van der Waals surface area contributed by atoms with Gasteiger partial charge < -0.3 is 10.8 Å². The number of thiophene rings is 2. The molecule has 3 rings (SSSR count). The summed E-state index contributed by atoms with van der Waals surface area (Å²) in [6.45, 7) is 0. The highest BCUT2D eigenvalue weighted by atomic mass is 32.1.